The average molecular weight is 753 g/mol. The van der Waals surface area contributed by atoms with Gasteiger partial charge in [-0.25, -0.2) is 9.69 Å². The lowest BCUT2D eigenvalue weighted by molar-refractivity contribution is -0.122. The number of imide groups is 2. The Balaban J connectivity index is 1.35. The second kappa shape index (κ2) is 13.9. The Morgan fingerprint density at radius 2 is 1.51 bits per heavy atom. The van der Waals surface area contributed by atoms with Gasteiger partial charge in [-0.2, -0.15) is 0 Å². The zero-order valence-electron chi connectivity index (χ0n) is 23.0. The first kappa shape index (κ1) is 30.3. The zero-order valence-corrected chi connectivity index (χ0v) is 26.8. The van der Waals surface area contributed by atoms with Crippen LogP contribution in [0.15, 0.2) is 101 Å². The Morgan fingerprint density at radius 1 is 0.837 bits per heavy atom. The monoisotopic (exact) mass is 752 g/mol. The number of carbonyl (C=O) groups excluding carboxylic acids is 3. The second-order valence-corrected chi connectivity index (χ2v) is 11.5. The number of ether oxygens (including phenoxy) is 3. The van der Waals surface area contributed by atoms with E-state index in [4.69, 9.17) is 14.2 Å². The number of urea groups is 1. The predicted octanol–water partition coefficient (Wildman–Crippen LogP) is 7.28. The molecule has 1 aliphatic heterocycles. The molecule has 8 nitrogen and oxygen atoms in total. The van der Waals surface area contributed by atoms with Gasteiger partial charge >= 0.3 is 6.03 Å². The number of hydrogen-bond acceptors (Lipinski definition) is 6. The fourth-order valence-electron chi connectivity index (χ4n) is 4.30. The van der Waals surface area contributed by atoms with Crippen LogP contribution in [0.1, 0.15) is 23.6 Å². The molecule has 4 aromatic rings. The Labute approximate surface area is 270 Å². The van der Waals surface area contributed by atoms with E-state index in [9.17, 15) is 14.4 Å². The van der Waals surface area contributed by atoms with Crippen LogP contribution >= 0.6 is 38.5 Å². The molecule has 0 aromatic heterocycles. The SMILES string of the molecule is CCOc1cc(/C=C2\C(=O)NC(=O)N(c3ccc(OCc4ccc(Br)cc4)cc3)C2=O)cc(I)c1OCc1ccccc1. The van der Waals surface area contributed by atoms with Gasteiger partial charge in [0.15, 0.2) is 11.5 Å². The molecule has 0 spiro atoms. The van der Waals surface area contributed by atoms with Gasteiger partial charge in [-0.3, -0.25) is 14.9 Å². The van der Waals surface area contributed by atoms with E-state index >= 15 is 0 Å². The Bertz CT molecular complexity index is 1670. The first-order chi connectivity index (χ1) is 20.8. The van der Waals surface area contributed by atoms with Crippen molar-refractivity contribution in [1.82, 2.24) is 5.32 Å². The highest BCUT2D eigenvalue weighted by molar-refractivity contribution is 14.1. The van der Waals surface area contributed by atoms with E-state index in [1.165, 1.54) is 6.08 Å². The van der Waals surface area contributed by atoms with Crippen molar-refractivity contribution in [2.24, 2.45) is 0 Å². The van der Waals surface area contributed by atoms with Gasteiger partial charge in [-0.1, -0.05) is 58.4 Å². The molecule has 1 N–H and O–H groups in total. The summed E-state index contributed by atoms with van der Waals surface area (Å²) in [5, 5.41) is 2.26. The fraction of sp³-hybridized carbons (Fsp3) is 0.121. The van der Waals surface area contributed by atoms with Crippen LogP contribution in [0.5, 0.6) is 17.2 Å². The van der Waals surface area contributed by atoms with Gasteiger partial charge in [0.2, 0.25) is 0 Å². The molecule has 1 fully saturated rings. The third kappa shape index (κ3) is 7.44. The van der Waals surface area contributed by atoms with E-state index in [0.717, 1.165) is 24.1 Å². The number of nitrogens with one attached hydrogen (secondary N) is 1. The lowest BCUT2D eigenvalue weighted by atomic mass is 10.1. The van der Waals surface area contributed by atoms with Crippen LogP contribution in [0.4, 0.5) is 10.5 Å². The lowest BCUT2D eigenvalue weighted by Crippen LogP contribution is -2.54. The number of anilines is 1. The fourth-order valence-corrected chi connectivity index (χ4v) is 5.35. The van der Waals surface area contributed by atoms with Crippen LogP contribution in [0.3, 0.4) is 0 Å². The van der Waals surface area contributed by atoms with Gasteiger partial charge in [0, 0.05) is 4.47 Å². The first-order valence-electron chi connectivity index (χ1n) is 13.3. The third-order valence-electron chi connectivity index (χ3n) is 6.38. The van der Waals surface area contributed by atoms with E-state index in [0.29, 0.717) is 48.3 Å². The molecule has 1 aliphatic rings. The van der Waals surface area contributed by atoms with Crippen LogP contribution in [0.2, 0.25) is 0 Å². The van der Waals surface area contributed by atoms with Crippen LogP contribution in [0.25, 0.3) is 6.08 Å². The van der Waals surface area contributed by atoms with Gasteiger partial charge in [0.1, 0.15) is 24.5 Å². The van der Waals surface area contributed by atoms with Crippen molar-refractivity contribution in [2.45, 2.75) is 20.1 Å². The number of barbiturate groups is 1. The van der Waals surface area contributed by atoms with E-state index in [1.807, 2.05) is 61.5 Å². The minimum atomic E-state index is -0.829. The van der Waals surface area contributed by atoms with Crippen LogP contribution in [0, 0.1) is 3.57 Å². The van der Waals surface area contributed by atoms with Crippen LogP contribution in [-0.2, 0) is 22.8 Å². The maximum atomic E-state index is 13.5. The summed E-state index contributed by atoms with van der Waals surface area (Å²) in [5.74, 6) is 0.0864. The highest BCUT2D eigenvalue weighted by Gasteiger charge is 2.37. The largest absolute Gasteiger partial charge is 0.490 e. The van der Waals surface area contributed by atoms with Crippen molar-refractivity contribution in [3.63, 3.8) is 0 Å². The standard InChI is InChI=1S/C33H26BrIN2O6/c1-2-41-29-18-23(17-28(35)30(29)43-20-21-6-4-3-5-7-21)16-27-31(38)36-33(40)37(32(27)39)25-12-14-26(15-13-25)42-19-22-8-10-24(34)11-9-22/h3-18H,2,19-20H2,1H3,(H,36,38,40)/b27-16+. The molecule has 0 bridgehead atoms. The smallest absolute Gasteiger partial charge is 0.335 e. The summed E-state index contributed by atoms with van der Waals surface area (Å²) in [7, 11) is 0. The minimum Gasteiger partial charge on any atom is -0.490 e. The number of hydrogen-bond donors (Lipinski definition) is 1. The Hall–Kier alpha value is -4.16. The molecular weight excluding hydrogens is 727 g/mol. The molecule has 0 radical (unpaired) electrons. The minimum absolute atomic E-state index is 0.189. The molecular formula is C33H26BrIN2O6. The maximum Gasteiger partial charge on any atom is 0.335 e. The van der Waals surface area contributed by atoms with Crippen molar-refractivity contribution in [3.05, 3.63) is 121 Å². The van der Waals surface area contributed by atoms with Gasteiger partial charge in [0.25, 0.3) is 11.8 Å². The molecule has 0 atom stereocenters. The van der Waals surface area contributed by atoms with E-state index < -0.39 is 17.8 Å². The molecule has 1 heterocycles. The summed E-state index contributed by atoms with van der Waals surface area (Å²) in [6.07, 6.45) is 1.44. The van der Waals surface area contributed by atoms with Gasteiger partial charge < -0.3 is 14.2 Å². The maximum absolute atomic E-state index is 13.5. The molecule has 4 aromatic carbocycles. The van der Waals surface area contributed by atoms with Crippen molar-refractivity contribution in [3.8, 4) is 17.2 Å². The molecule has 5 rings (SSSR count). The molecule has 10 heteroatoms. The summed E-state index contributed by atoms with van der Waals surface area (Å²) < 4.78 is 19.5. The predicted molar refractivity (Wildman–Crippen MR) is 175 cm³/mol. The lowest BCUT2D eigenvalue weighted by Gasteiger charge is -2.26. The Kier molecular flexibility index (Phi) is 9.78. The van der Waals surface area contributed by atoms with Crippen molar-refractivity contribution in [2.75, 3.05) is 11.5 Å². The van der Waals surface area contributed by atoms with E-state index in [1.54, 1.807) is 36.4 Å². The molecule has 43 heavy (non-hydrogen) atoms. The van der Waals surface area contributed by atoms with Gasteiger partial charge in [-0.05, 0) is 101 Å². The molecule has 0 saturated carbocycles. The molecule has 0 aliphatic carbocycles. The number of carbonyl (C=O) groups is 3. The quantitative estimate of drug-likeness (QED) is 0.104. The number of rotatable bonds is 10. The topological polar surface area (TPSA) is 94.2 Å². The molecule has 0 unspecified atom stereocenters. The summed E-state index contributed by atoms with van der Waals surface area (Å²) in [6, 6.07) is 26.7. The highest BCUT2D eigenvalue weighted by Crippen LogP contribution is 2.36. The highest BCUT2D eigenvalue weighted by atomic mass is 127. The summed E-state index contributed by atoms with van der Waals surface area (Å²) >= 11 is 5.54. The summed E-state index contributed by atoms with van der Waals surface area (Å²) in [6.45, 7) is 2.96. The number of amides is 4. The number of nitrogens with zero attached hydrogens (tertiary/aromatic N) is 1. The number of benzene rings is 4. The first-order valence-corrected chi connectivity index (χ1v) is 15.2. The van der Waals surface area contributed by atoms with Crippen LogP contribution in [-0.4, -0.2) is 24.5 Å². The van der Waals surface area contributed by atoms with Crippen LogP contribution < -0.4 is 24.4 Å². The summed E-state index contributed by atoms with van der Waals surface area (Å²) in [5.41, 5.74) is 2.65. The zero-order chi connectivity index (χ0) is 30.3. The molecule has 218 valence electrons. The van der Waals surface area contributed by atoms with Crippen molar-refractivity contribution >= 4 is 68.1 Å². The molecule has 1 saturated heterocycles. The van der Waals surface area contributed by atoms with Crippen molar-refractivity contribution < 1.29 is 28.6 Å². The van der Waals surface area contributed by atoms with Crippen molar-refractivity contribution in [1.29, 1.82) is 0 Å². The van der Waals surface area contributed by atoms with E-state index in [2.05, 4.69) is 43.8 Å². The van der Waals surface area contributed by atoms with Gasteiger partial charge in [0.05, 0.1) is 15.9 Å². The number of halogens is 2. The summed E-state index contributed by atoms with van der Waals surface area (Å²) in [4.78, 5) is 39.9. The normalized spacial score (nSPS) is 14.1. The molecule has 4 amide bonds. The van der Waals surface area contributed by atoms with Gasteiger partial charge in [-0.15, -0.1) is 0 Å². The Morgan fingerprint density at radius 3 is 2.21 bits per heavy atom. The van der Waals surface area contributed by atoms with E-state index in [-0.39, 0.29) is 5.57 Å². The average Bonchev–Trinajstić information content (AvgIpc) is 3.00. The third-order valence-corrected chi connectivity index (χ3v) is 7.71. The second-order valence-electron chi connectivity index (χ2n) is 9.40.